The van der Waals surface area contributed by atoms with Crippen LogP contribution in [0.4, 0.5) is 0 Å². The second-order valence-corrected chi connectivity index (χ2v) is 4.53. The Balaban J connectivity index is 2.31. The van der Waals surface area contributed by atoms with Crippen LogP contribution in [0, 0.1) is 0 Å². The Morgan fingerprint density at radius 3 is 2.94 bits per heavy atom. The van der Waals surface area contributed by atoms with E-state index in [4.69, 9.17) is 4.74 Å². The van der Waals surface area contributed by atoms with Crippen molar-refractivity contribution in [1.29, 1.82) is 0 Å². The number of benzene rings is 1. The Hall–Kier alpha value is -0.860. The maximum Gasteiger partial charge on any atom is 0.113 e. The smallest absolute Gasteiger partial charge is 0.113 e. The lowest BCUT2D eigenvalue weighted by molar-refractivity contribution is -0.0540. The molecule has 0 fully saturated rings. The first-order valence-corrected chi connectivity index (χ1v) is 6.15. The van der Waals surface area contributed by atoms with Crippen LogP contribution >= 0.6 is 0 Å². The van der Waals surface area contributed by atoms with Gasteiger partial charge in [0.25, 0.3) is 0 Å². The molecule has 1 aliphatic rings. The quantitative estimate of drug-likeness (QED) is 0.793. The summed E-state index contributed by atoms with van der Waals surface area (Å²) in [6.07, 6.45) is 4.11. The van der Waals surface area contributed by atoms with Gasteiger partial charge < -0.3 is 9.84 Å². The standard InChI is InChI=1S/C14H20O2/c1-2-16-11-14(15)10-6-5-8-12-7-3-4-9-13(12)14/h3-4,7,9,15H,2,5-6,8,10-11H2,1H3. The molecule has 1 aromatic carbocycles. The van der Waals surface area contributed by atoms with E-state index in [2.05, 4.69) is 6.07 Å². The van der Waals surface area contributed by atoms with Crippen LogP contribution in [0.1, 0.15) is 37.3 Å². The van der Waals surface area contributed by atoms with E-state index in [1.54, 1.807) is 0 Å². The summed E-state index contributed by atoms with van der Waals surface area (Å²) in [5.41, 5.74) is 1.58. The fourth-order valence-corrected chi connectivity index (χ4v) is 2.48. The van der Waals surface area contributed by atoms with E-state index in [1.807, 2.05) is 25.1 Å². The second-order valence-electron chi connectivity index (χ2n) is 4.53. The third-order valence-corrected chi connectivity index (χ3v) is 3.35. The van der Waals surface area contributed by atoms with Crippen LogP contribution in [0.2, 0.25) is 0 Å². The van der Waals surface area contributed by atoms with E-state index in [1.165, 1.54) is 5.56 Å². The summed E-state index contributed by atoms with van der Waals surface area (Å²) in [5.74, 6) is 0. The monoisotopic (exact) mass is 220 g/mol. The maximum absolute atomic E-state index is 10.7. The molecule has 0 bridgehead atoms. The second kappa shape index (κ2) is 4.98. The van der Waals surface area contributed by atoms with Crippen LogP contribution < -0.4 is 0 Å². The fourth-order valence-electron chi connectivity index (χ4n) is 2.48. The number of fused-ring (bicyclic) bond motifs is 1. The average Bonchev–Trinajstić information content (AvgIpc) is 2.48. The van der Waals surface area contributed by atoms with Gasteiger partial charge in [0.05, 0.1) is 6.61 Å². The van der Waals surface area contributed by atoms with E-state index in [0.29, 0.717) is 13.2 Å². The zero-order chi connectivity index (χ0) is 11.4. The molecule has 2 nitrogen and oxygen atoms in total. The Morgan fingerprint density at radius 1 is 1.31 bits per heavy atom. The van der Waals surface area contributed by atoms with Gasteiger partial charge >= 0.3 is 0 Å². The van der Waals surface area contributed by atoms with Crippen LogP contribution in [0.5, 0.6) is 0 Å². The third kappa shape index (κ3) is 2.28. The van der Waals surface area contributed by atoms with Crippen molar-refractivity contribution in [3.63, 3.8) is 0 Å². The highest BCUT2D eigenvalue weighted by Gasteiger charge is 2.32. The van der Waals surface area contributed by atoms with Crippen molar-refractivity contribution in [2.45, 2.75) is 38.2 Å². The maximum atomic E-state index is 10.7. The highest BCUT2D eigenvalue weighted by molar-refractivity contribution is 5.33. The highest BCUT2D eigenvalue weighted by Crippen LogP contribution is 2.34. The summed E-state index contributed by atoms with van der Waals surface area (Å²) in [6.45, 7) is 3.04. The van der Waals surface area contributed by atoms with Crippen molar-refractivity contribution in [2.75, 3.05) is 13.2 Å². The Bertz CT molecular complexity index is 348. The van der Waals surface area contributed by atoms with Crippen molar-refractivity contribution in [3.8, 4) is 0 Å². The summed E-state index contributed by atoms with van der Waals surface area (Å²) in [7, 11) is 0. The zero-order valence-corrected chi connectivity index (χ0v) is 9.91. The van der Waals surface area contributed by atoms with Gasteiger partial charge in [-0.3, -0.25) is 0 Å². The molecule has 88 valence electrons. The molecule has 0 saturated heterocycles. The molecular formula is C14H20O2. The van der Waals surface area contributed by atoms with E-state index in [9.17, 15) is 5.11 Å². The van der Waals surface area contributed by atoms with E-state index < -0.39 is 5.60 Å². The first-order valence-electron chi connectivity index (χ1n) is 6.15. The largest absolute Gasteiger partial charge is 0.383 e. The van der Waals surface area contributed by atoms with Gasteiger partial charge in [0.2, 0.25) is 0 Å². The topological polar surface area (TPSA) is 29.5 Å². The van der Waals surface area contributed by atoms with Gasteiger partial charge in [-0.15, -0.1) is 0 Å². The first-order chi connectivity index (χ1) is 7.76. The van der Waals surface area contributed by atoms with Gasteiger partial charge in [-0.05, 0) is 43.7 Å². The van der Waals surface area contributed by atoms with Crippen LogP contribution in [0.3, 0.4) is 0 Å². The SMILES string of the molecule is CCOCC1(O)CCCCc2ccccc21. The number of rotatable bonds is 3. The summed E-state index contributed by atoms with van der Waals surface area (Å²) >= 11 is 0. The molecule has 1 aromatic rings. The Morgan fingerprint density at radius 2 is 2.12 bits per heavy atom. The lowest BCUT2D eigenvalue weighted by Gasteiger charge is -2.28. The minimum atomic E-state index is -0.775. The molecule has 1 atom stereocenters. The molecular weight excluding hydrogens is 200 g/mol. The molecule has 2 heteroatoms. The normalized spacial score (nSPS) is 24.9. The van der Waals surface area contributed by atoms with Crippen LogP contribution in [0.15, 0.2) is 24.3 Å². The number of hydrogen-bond acceptors (Lipinski definition) is 2. The molecule has 0 aliphatic heterocycles. The predicted molar refractivity (Wildman–Crippen MR) is 64.4 cm³/mol. The fraction of sp³-hybridized carbons (Fsp3) is 0.571. The first kappa shape index (κ1) is 11.6. The molecule has 2 rings (SSSR count). The lowest BCUT2D eigenvalue weighted by atomic mass is 9.89. The van der Waals surface area contributed by atoms with E-state index >= 15 is 0 Å². The van der Waals surface area contributed by atoms with Gasteiger partial charge in [0.15, 0.2) is 0 Å². The van der Waals surface area contributed by atoms with Gasteiger partial charge in [-0.1, -0.05) is 24.3 Å². The molecule has 0 amide bonds. The number of hydrogen-bond donors (Lipinski definition) is 1. The van der Waals surface area contributed by atoms with Gasteiger partial charge in [0.1, 0.15) is 5.60 Å². The average molecular weight is 220 g/mol. The molecule has 1 N–H and O–H groups in total. The van der Waals surface area contributed by atoms with Crippen molar-refractivity contribution in [2.24, 2.45) is 0 Å². The molecule has 1 aliphatic carbocycles. The van der Waals surface area contributed by atoms with E-state index in [-0.39, 0.29) is 0 Å². The summed E-state index contributed by atoms with van der Waals surface area (Å²) < 4.78 is 5.44. The molecule has 0 radical (unpaired) electrons. The van der Waals surface area contributed by atoms with Crippen LogP contribution in [-0.4, -0.2) is 18.3 Å². The van der Waals surface area contributed by atoms with Crippen LogP contribution in [-0.2, 0) is 16.8 Å². The highest BCUT2D eigenvalue weighted by atomic mass is 16.5. The van der Waals surface area contributed by atoms with Crippen molar-refractivity contribution in [3.05, 3.63) is 35.4 Å². The summed E-state index contributed by atoms with van der Waals surface area (Å²) in [5, 5.41) is 10.7. The van der Waals surface area contributed by atoms with Gasteiger partial charge in [-0.2, -0.15) is 0 Å². The number of aliphatic hydroxyl groups is 1. The summed E-state index contributed by atoms with van der Waals surface area (Å²) in [4.78, 5) is 0. The van der Waals surface area contributed by atoms with Crippen molar-refractivity contribution >= 4 is 0 Å². The summed E-state index contributed by atoms with van der Waals surface area (Å²) in [6, 6.07) is 8.21. The molecule has 0 spiro atoms. The number of aryl methyl sites for hydroxylation is 1. The molecule has 0 heterocycles. The minimum Gasteiger partial charge on any atom is -0.383 e. The molecule has 1 unspecified atom stereocenters. The number of ether oxygens (including phenoxy) is 1. The molecule has 0 aromatic heterocycles. The minimum absolute atomic E-state index is 0.417. The van der Waals surface area contributed by atoms with Crippen molar-refractivity contribution in [1.82, 2.24) is 0 Å². The third-order valence-electron chi connectivity index (χ3n) is 3.35. The Kier molecular flexibility index (Phi) is 3.62. The molecule has 0 saturated carbocycles. The van der Waals surface area contributed by atoms with Crippen LogP contribution in [0.25, 0.3) is 0 Å². The van der Waals surface area contributed by atoms with Gasteiger partial charge in [-0.25, -0.2) is 0 Å². The predicted octanol–water partition coefficient (Wildman–Crippen LogP) is 2.64. The Labute approximate surface area is 97.3 Å². The van der Waals surface area contributed by atoms with Crippen molar-refractivity contribution < 1.29 is 9.84 Å². The molecule has 16 heavy (non-hydrogen) atoms. The van der Waals surface area contributed by atoms with E-state index in [0.717, 1.165) is 31.2 Å². The lowest BCUT2D eigenvalue weighted by Crippen LogP contribution is -2.32. The van der Waals surface area contributed by atoms with Gasteiger partial charge in [0, 0.05) is 6.61 Å². The zero-order valence-electron chi connectivity index (χ0n) is 9.91.